The Morgan fingerprint density at radius 2 is 2.06 bits per heavy atom. The van der Waals surface area contributed by atoms with Crippen LogP contribution < -0.4 is 5.73 Å². The highest BCUT2D eigenvalue weighted by Gasteiger charge is 2.07. The van der Waals surface area contributed by atoms with E-state index in [1.54, 1.807) is 13.0 Å². The van der Waals surface area contributed by atoms with Gasteiger partial charge in [-0.15, -0.1) is 0 Å². The van der Waals surface area contributed by atoms with Crippen LogP contribution in [0, 0.1) is 18.6 Å². The number of rotatable bonds is 2. The van der Waals surface area contributed by atoms with Gasteiger partial charge in [-0.3, -0.25) is 0 Å². The summed E-state index contributed by atoms with van der Waals surface area (Å²) in [6.45, 7) is 1.91. The molecular formula is C11H11F2N3. The van der Waals surface area contributed by atoms with Crippen LogP contribution in [-0.4, -0.2) is 9.78 Å². The van der Waals surface area contributed by atoms with Gasteiger partial charge in [-0.2, -0.15) is 5.10 Å². The van der Waals surface area contributed by atoms with E-state index in [0.717, 1.165) is 23.9 Å². The fourth-order valence-electron chi connectivity index (χ4n) is 1.52. The van der Waals surface area contributed by atoms with Gasteiger partial charge < -0.3 is 5.73 Å². The largest absolute Gasteiger partial charge is 0.384 e. The summed E-state index contributed by atoms with van der Waals surface area (Å²) >= 11 is 0. The zero-order chi connectivity index (χ0) is 11.7. The van der Waals surface area contributed by atoms with Crippen molar-refractivity contribution in [1.82, 2.24) is 9.78 Å². The van der Waals surface area contributed by atoms with Crippen LogP contribution in [-0.2, 0) is 6.54 Å². The average molecular weight is 223 g/mol. The third kappa shape index (κ3) is 2.03. The van der Waals surface area contributed by atoms with E-state index in [2.05, 4.69) is 5.10 Å². The van der Waals surface area contributed by atoms with Crippen LogP contribution in [0.2, 0.25) is 0 Å². The Hall–Kier alpha value is -1.91. The zero-order valence-electron chi connectivity index (χ0n) is 8.74. The van der Waals surface area contributed by atoms with Gasteiger partial charge in [0, 0.05) is 11.6 Å². The minimum absolute atomic E-state index is 0.128. The molecule has 0 bridgehead atoms. The summed E-state index contributed by atoms with van der Waals surface area (Å²) in [5.74, 6) is -0.506. The fraction of sp³-hybridized carbons (Fsp3) is 0.182. The lowest BCUT2D eigenvalue weighted by molar-refractivity contribution is 0.567. The predicted octanol–water partition coefficient (Wildman–Crippen LogP) is 2.10. The number of benzene rings is 1. The lowest BCUT2D eigenvalue weighted by atomic mass is 10.2. The molecule has 2 rings (SSSR count). The van der Waals surface area contributed by atoms with Crippen molar-refractivity contribution in [3.8, 4) is 0 Å². The second-order valence-corrected chi connectivity index (χ2v) is 3.60. The Morgan fingerprint density at radius 3 is 2.69 bits per heavy atom. The quantitative estimate of drug-likeness (QED) is 0.847. The molecule has 16 heavy (non-hydrogen) atoms. The third-order valence-electron chi connectivity index (χ3n) is 2.26. The first kappa shape index (κ1) is 10.6. The van der Waals surface area contributed by atoms with Crippen LogP contribution in [0.3, 0.4) is 0 Å². The first-order valence-electron chi connectivity index (χ1n) is 4.80. The van der Waals surface area contributed by atoms with Gasteiger partial charge in [0.1, 0.15) is 17.5 Å². The topological polar surface area (TPSA) is 43.8 Å². The molecule has 1 aromatic carbocycles. The molecule has 5 heteroatoms. The van der Waals surface area contributed by atoms with Crippen LogP contribution in [0.15, 0.2) is 24.3 Å². The first-order chi connectivity index (χ1) is 7.56. The number of nitrogens with zero attached hydrogens (tertiary/aromatic N) is 2. The maximum Gasteiger partial charge on any atom is 0.128 e. The van der Waals surface area contributed by atoms with E-state index in [4.69, 9.17) is 5.73 Å². The summed E-state index contributed by atoms with van der Waals surface area (Å²) in [7, 11) is 0. The van der Waals surface area contributed by atoms with Gasteiger partial charge in [-0.25, -0.2) is 13.5 Å². The van der Waals surface area contributed by atoms with E-state index in [1.807, 2.05) is 0 Å². The number of halogens is 2. The maximum atomic E-state index is 13.3. The molecule has 3 nitrogen and oxygen atoms in total. The summed E-state index contributed by atoms with van der Waals surface area (Å²) in [5, 5.41) is 4.08. The number of hydrogen-bond donors (Lipinski definition) is 1. The summed E-state index contributed by atoms with van der Waals surface area (Å²) in [6.07, 6.45) is 0. The molecular weight excluding hydrogens is 212 g/mol. The predicted molar refractivity (Wildman–Crippen MR) is 56.8 cm³/mol. The molecule has 0 radical (unpaired) electrons. The SMILES string of the molecule is Cc1cc(N)n(Cc2cc(F)ccc2F)n1. The average Bonchev–Trinajstić information content (AvgIpc) is 2.51. The van der Waals surface area contributed by atoms with Crippen LogP contribution in [0.1, 0.15) is 11.3 Å². The van der Waals surface area contributed by atoms with Crippen molar-refractivity contribution in [2.45, 2.75) is 13.5 Å². The molecule has 2 N–H and O–H groups in total. The molecule has 0 aliphatic rings. The minimum atomic E-state index is -0.473. The van der Waals surface area contributed by atoms with Gasteiger partial charge in [0.15, 0.2) is 0 Å². The molecule has 2 aromatic rings. The standard InChI is InChI=1S/C11H11F2N3/c1-7-4-11(14)16(15-7)6-8-5-9(12)2-3-10(8)13/h2-5H,6,14H2,1H3. The Kier molecular flexibility index (Phi) is 2.60. The van der Waals surface area contributed by atoms with Crippen LogP contribution in [0.25, 0.3) is 0 Å². The molecule has 0 spiro atoms. The van der Waals surface area contributed by atoms with Gasteiger partial charge in [-0.1, -0.05) is 0 Å². The third-order valence-corrected chi connectivity index (χ3v) is 2.26. The Balaban J connectivity index is 2.33. The monoisotopic (exact) mass is 223 g/mol. The Morgan fingerprint density at radius 1 is 1.31 bits per heavy atom. The van der Waals surface area contributed by atoms with Gasteiger partial charge in [-0.05, 0) is 25.1 Å². The van der Waals surface area contributed by atoms with E-state index in [9.17, 15) is 8.78 Å². The molecule has 1 aromatic heterocycles. The normalized spacial score (nSPS) is 10.7. The number of nitrogens with two attached hydrogens (primary N) is 1. The minimum Gasteiger partial charge on any atom is -0.384 e. The van der Waals surface area contributed by atoms with Gasteiger partial charge in [0.25, 0.3) is 0 Å². The molecule has 0 atom stereocenters. The molecule has 0 saturated heterocycles. The Labute approximate surface area is 91.5 Å². The molecule has 1 heterocycles. The number of anilines is 1. The van der Waals surface area contributed by atoms with E-state index in [-0.39, 0.29) is 12.1 Å². The summed E-state index contributed by atoms with van der Waals surface area (Å²) in [6, 6.07) is 5.00. The molecule has 0 aliphatic carbocycles. The highest BCUT2D eigenvalue weighted by molar-refractivity contribution is 5.31. The molecule has 0 aliphatic heterocycles. The second kappa shape index (κ2) is 3.92. The first-order valence-corrected chi connectivity index (χ1v) is 4.80. The van der Waals surface area contributed by atoms with Crippen molar-refractivity contribution in [2.24, 2.45) is 0 Å². The van der Waals surface area contributed by atoms with E-state index in [1.165, 1.54) is 4.68 Å². The van der Waals surface area contributed by atoms with Crippen molar-refractivity contribution < 1.29 is 8.78 Å². The summed E-state index contributed by atoms with van der Waals surface area (Å²) < 4.78 is 27.7. The van der Waals surface area contributed by atoms with Crippen LogP contribution >= 0.6 is 0 Å². The van der Waals surface area contributed by atoms with Crippen LogP contribution in [0.4, 0.5) is 14.6 Å². The maximum absolute atomic E-state index is 13.3. The van der Waals surface area contributed by atoms with E-state index in [0.29, 0.717) is 5.82 Å². The lowest BCUT2D eigenvalue weighted by Crippen LogP contribution is -2.07. The number of hydrogen-bond acceptors (Lipinski definition) is 2. The van der Waals surface area contributed by atoms with Gasteiger partial charge in [0.05, 0.1) is 12.2 Å². The second-order valence-electron chi connectivity index (χ2n) is 3.60. The number of aryl methyl sites for hydroxylation is 1. The lowest BCUT2D eigenvalue weighted by Gasteiger charge is -2.05. The van der Waals surface area contributed by atoms with Gasteiger partial charge >= 0.3 is 0 Å². The van der Waals surface area contributed by atoms with Crippen molar-refractivity contribution in [2.75, 3.05) is 5.73 Å². The van der Waals surface area contributed by atoms with Crippen molar-refractivity contribution in [3.05, 3.63) is 47.2 Å². The molecule has 0 amide bonds. The van der Waals surface area contributed by atoms with Gasteiger partial charge in [0.2, 0.25) is 0 Å². The summed E-state index contributed by atoms with van der Waals surface area (Å²) in [5.41, 5.74) is 6.64. The molecule has 0 fully saturated rings. The smallest absolute Gasteiger partial charge is 0.128 e. The molecule has 84 valence electrons. The summed E-state index contributed by atoms with van der Waals surface area (Å²) in [4.78, 5) is 0. The van der Waals surface area contributed by atoms with Crippen molar-refractivity contribution in [3.63, 3.8) is 0 Å². The molecule has 0 unspecified atom stereocenters. The zero-order valence-corrected chi connectivity index (χ0v) is 8.74. The fourth-order valence-corrected chi connectivity index (χ4v) is 1.52. The van der Waals surface area contributed by atoms with Crippen molar-refractivity contribution in [1.29, 1.82) is 0 Å². The number of nitrogen functional groups attached to an aromatic ring is 1. The van der Waals surface area contributed by atoms with Crippen LogP contribution in [0.5, 0.6) is 0 Å². The van der Waals surface area contributed by atoms with E-state index < -0.39 is 11.6 Å². The highest BCUT2D eigenvalue weighted by atomic mass is 19.1. The molecule has 0 saturated carbocycles. The highest BCUT2D eigenvalue weighted by Crippen LogP contribution is 2.13. The Bertz CT molecular complexity index is 520. The van der Waals surface area contributed by atoms with Crippen molar-refractivity contribution >= 4 is 5.82 Å². The van der Waals surface area contributed by atoms with E-state index >= 15 is 0 Å². The number of aromatic nitrogens is 2.